The average Bonchev–Trinajstić information content (AvgIpc) is 2.69. The van der Waals surface area contributed by atoms with Crippen molar-refractivity contribution in [3.8, 4) is 0 Å². The van der Waals surface area contributed by atoms with E-state index in [4.69, 9.17) is 34.8 Å². The lowest BCUT2D eigenvalue weighted by molar-refractivity contribution is -0.116. The molecule has 0 saturated heterocycles. The van der Waals surface area contributed by atoms with Crippen LogP contribution in [-0.2, 0) is 4.79 Å². The molecule has 1 aliphatic heterocycles. The van der Waals surface area contributed by atoms with Crippen molar-refractivity contribution in [1.82, 2.24) is 0 Å². The molecule has 1 amide bonds. The van der Waals surface area contributed by atoms with Crippen LogP contribution in [0.15, 0.2) is 30.3 Å². The average molecular weight is 342 g/mol. The molecule has 3 nitrogen and oxygen atoms in total. The normalized spacial score (nSPS) is 16.6. The smallest absolute Gasteiger partial charge is 0.251 e. The van der Waals surface area contributed by atoms with Crippen molar-refractivity contribution < 1.29 is 4.79 Å². The van der Waals surface area contributed by atoms with Crippen molar-refractivity contribution in [2.24, 2.45) is 0 Å². The number of halogens is 3. The molecule has 108 valence electrons. The van der Waals surface area contributed by atoms with Gasteiger partial charge in [-0.05, 0) is 25.1 Å². The summed E-state index contributed by atoms with van der Waals surface area (Å²) in [7, 11) is 0. The first kappa shape index (κ1) is 14.5. The summed E-state index contributed by atoms with van der Waals surface area (Å²) in [6.07, 6.45) is 0. The van der Waals surface area contributed by atoms with E-state index in [1.165, 1.54) is 0 Å². The van der Waals surface area contributed by atoms with Crippen molar-refractivity contribution in [3.63, 3.8) is 0 Å². The maximum Gasteiger partial charge on any atom is 0.251 e. The highest BCUT2D eigenvalue weighted by Gasteiger charge is 2.31. The number of carbonyl (C=O) groups is 1. The van der Waals surface area contributed by atoms with Gasteiger partial charge in [0.05, 0.1) is 15.7 Å². The van der Waals surface area contributed by atoms with Gasteiger partial charge in [0.1, 0.15) is 6.04 Å². The molecular formula is C15H11Cl3N2O. The van der Waals surface area contributed by atoms with Crippen molar-refractivity contribution >= 4 is 52.1 Å². The Bertz CT molecular complexity index is 723. The fourth-order valence-electron chi connectivity index (χ4n) is 2.35. The van der Waals surface area contributed by atoms with Crippen LogP contribution in [0, 0.1) is 6.92 Å². The third-order valence-corrected chi connectivity index (χ3v) is 4.15. The zero-order valence-corrected chi connectivity index (χ0v) is 13.3. The molecule has 0 spiro atoms. The lowest BCUT2D eigenvalue weighted by atomic mass is 10.1. The number of amides is 1. The number of carbonyl (C=O) groups excluding carboxylic acids is 1. The molecule has 0 bridgehead atoms. The van der Waals surface area contributed by atoms with Crippen LogP contribution in [0.25, 0.3) is 0 Å². The minimum atomic E-state index is -0.531. The first-order chi connectivity index (χ1) is 9.95. The maximum absolute atomic E-state index is 12.2. The molecular weight excluding hydrogens is 331 g/mol. The molecule has 1 unspecified atom stereocenters. The van der Waals surface area contributed by atoms with E-state index in [-0.39, 0.29) is 5.91 Å². The highest BCUT2D eigenvalue weighted by atomic mass is 35.5. The SMILES string of the molecule is Cc1ccc2c(c1)C(Nc1c(Cl)cc(Cl)cc1Cl)C(=O)N2. The van der Waals surface area contributed by atoms with Gasteiger partial charge in [-0.3, -0.25) is 4.79 Å². The number of rotatable bonds is 2. The van der Waals surface area contributed by atoms with Crippen LogP contribution >= 0.6 is 34.8 Å². The highest BCUT2D eigenvalue weighted by molar-refractivity contribution is 6.41. The number of anilines is 2. The number of benzene rings is 2. The van der Waals surface area contributed by atoms with Crippen molar-refractivity contribution in [2.75, 3.05) is 10.6 Å². The van der Waals surface area contributed by atoms with E-state index in [1.54, 1.807) is 12.1 Å². The number of fused-ring (bicyclic) bond motifs is 1. The Kier molecular flexibility index (Phi) is 3.74. The second kappa shape index (κ2) is 5.41. The summed E-state index contributed by atoms with van der Waals surface area (Å²) in [6, 6.07) is 8.43. The van der Waals surface area contributed by atoms with Gasteiger partial charge in [-0.25, -0.2) is 0 Å². The molecule has 0 saturated carbocycles. The molecule has 1 aliphatic rings. The number of aryl methyl sites for hydroxylation is 1. The van der Waals surface area contributed by atoms with Crippen molar-refractivity contribution in [1.29, 1.82) is 0 Å². The van der Waals surface area contributed by atoms with E-state index < -0.39 is 6.04 Å². The molecule has 0 radical (unpaired) electrons. The lowest BCUT2D eigenvalue weighted by Crippen LogP contribution is -2.20. The minimum Gasteiger partial charge on any atom is -0.368 e. The lowest BCUT2D eigenvalue weighted by Gasteiger charge is -2.16. The molecule has 2 aromatic carbocycles. The molecule has 0 aromatic heterocycles. The summed E-state index contributed by atoms with van der Waals surface area (Å²) < 4.78 is 0. The van der Waals surface area contributed by atoms with Crippen LogP contribution in [-0.4, -0.2) is 5.91 Å². The third kappa shape index (κ3) is 2.69. The molecule has 1 heterocycles. The Morgan fingerprint density at radius 2 is 1.76 bits per heavy atom. The van der Waals surface area contributed by atoms with Crippen LogP contribution < -0.4 is 10.6 Å². The van der Waals surface area contributed by atoms with E-state index >= 15 is 0 Å². The number of hydrogen-bond donors (Lipinski definition) is 2. The Morgan fingerprint density at radius 3 is 2.43 bits per heavy atom. The van der Waals surface area contributed by atoms with Gasteiger partial charge in [0.15, 0.2) is 0 Å². The quantitative estimate of drug-likeness (QED) is 0.801. The second-order valence-electron chi connectivity index (χ2n) is 4.90. The molecule has 2 N–H and O–H groups in total. The Labute approximate surface area is 137 Å². The first-order valence-electron chi connectivity index (χ1n) is 6.28. The Hall–Kier alpha value is -1.42. The second-order valence-corrected chi connectivity index (χ2v) is 6.15. The van der Waals surface area contributed by atoms with Gasteiger partial charge in [0.25, 0.3) is 5.91 Å². The largest absolute Gasteiger partial charge is 0.368 e. The minimum absolute atomic E-state index is 0.141. The third-order valence-electron chi connectivity index (χ3n) is 3.33. The molecule has 6 heteroatoms. The van der Waals surface area contributed by atoms with Gasteiger partial charge in [-0.1, -0.05) is 52.5 Å². The number of nitrogens with one attached hydrogen (secondary N) is 2. The van der Waals surface area contributed by atoms with Gasteiger partial charge in [0.2, 0.25) is 0 Å². The van der Waals surface area contributed by atoms with Crippen LogP contribution in [0.3, 0.4) is 0 Å². The summed E-state index contributed by atoms with van der Waals surface area (Å²) in [4.78, 5) is 12.2. The van der Waals surface area contributed by atoms with E-state index in [2.05, 4.69) is 10.6 Å². The topological polar surface area (TPSA) is 41.1 Å². The van der Waals surface area contributed by atoms with Crippen LogP contribution in [0.4, 0.5) is 11.4 Å². The molecule has 0 aliphatic carbocycles. The zero-order chi connectivity index (χ0) is 15.1. The number of hydrogen-bond acceptors (Lipinski definition) is 2. The van der Waals surface area contributed by atoms with Crippen molar-refractivity contribution in [3.05, 3.63) is 56.5 Å². The predicted octanol–water partition coefficient (Wildman–Crippen LogP) is 5.06. The van der Waals surface area contributed by atoms with Gasteiger partial charge in [-0.2, -0.15) is 0 Å². The van der Waals surface area contributed by atoms with Crippen molar-refractivity contribution in [2.45, 2.75) is 13.0 Å². The van der Waals surface area contributed by atoms with Crippen LogP contribution in [0.2, 0.25) is 15.1 Å². The highest BCUT2D eigenvalue weighted by Crippen LogP contribution is 2.39. The van der Waals surface area contributed by atoms with E-state index in [0.717, 1.165) is 16.8 Å². The fourth-order valence-corrected chi connectivity index (χ4v) is 3.27. The molecule has 1 atom stereocenters. The maximum atomic E-state index is 12.2. The summed E-state index contributed by atoms with van der Waals surface area (Å²) in [5.41, 5.74) is 3.24. The monoisotopic (exact) mass is 340 g/mol. The van der Waals surface area contributed by atoms with Gasteiger partial charge in [0, 0.05) is 16.3 Å². The molecule has 3 rings (SSSR count). The molecule has 21 heavy (non-hydrogen) atoms. The zero-order valence-electron chi connectivity index (χ0n) is 11.0. The fraction of sp³-hybridized carbons (Fsp3) is 0.133. The summed E-state index contributed by atoms with van der Waals surface area (Å²) in [5, 5.41) is 7.13. The standard InChI is InChI=1S/C15H11Cl3N2O/c1-7-2-3-12-9(4-7)13(15(21)19-12)20-14-10(17)5-8(16)6-11(14)18/h2-6,13,20H,1H3,(H,19,21). The van der Waals surface area contributed by atoms with E-state index in [1.807, 2.05) is 25.1 Å². The molecule has 2 aromatic rings. The summed E-state index contributed by atoms with van der Waals surface area (Å²) >= 11 is 18.2. The van der Waals surface area contributed by atoms with Crippen LogP contribution in [0.1, 0.15) is 17.2 Å². The summed E-state index contributed by atoms with van der Waals surface area (Å²) in [6.45, 7) is 1.97. The van der Waals surface area contributed by atoms with E-state index in [9.17, 15) is 4.79 Å². The van der Waals surface area contributed by atoms with Gasteiger partial charge >= 0.3 is 0 Å². The van der Waals surface area contributed by atoms with Gasteiger partial charge in [-0.15, -0.1) is 0 Å². The van der Waals surface area contributed by atoms with E-state index in [0.29, 0.717) is 20.8 Å². The summed E-state index contributed by atoms with van der Waals surface area (Å²) in [5.74, 6) is -0.141. The predicted molar refractivity (Wildman–Crippen MR) is 87.6 cm³/mol. The Morgan fingerprint density at radius 1 is 1.10 bits per heavy atom. The van der Waals surface area contributed by atoms with Crippen LogP contribution in [0.5, 0.6) is 0 Å². The molecule has 0 fully saturated rings. The van der Waals surface area contributed by atoms with Gasteiger partial charge < -0.3 is 10.6 Å². The Balaban J connectivity index is 2.00. The first-order valence-corrected chi connectivity index (χ1v) is 7.41.